The number of piperidine rings is 1. The monoisotopic (exact) mass is 265 g/mol. The third kappa shape index (κ3) is 3.13. The van der Waals surface area contributed by atoms with Crippen molar-refractivity contribution >= 4 is 11.9 Å². The van der Waals surface area contributed by atoms with E-state index in [1.165, 1.54) is 0 Å². The molecule has 0 radical (unpaired) electrons. The van der Waals surface area contributed by atoms with Crippen molar-refractivity contribution in [2.24, 2.45) is 5.92 Å². The lowest BCUT2D eigenvalue weighted by molar-refractivity contribution is -0.143. The Morgan fingerprint density at radius 1 is 1.53 bits per heavy atom. The minimum atomic E-state index is -0.820. The number of aliphatic carboxylic acids is 1. The molecule has 6 heteroatoms. The van der Waals surface area contributed by atoms with Gasteiger partial charge in [0.15, 0.2) is 0 Å². The third-order valence-corrected chi connectivity index (χ3v) is 3.39. The van der Waals surface area contributed by atoms with E-state index in [0.717, 1.165) is 19.4 Å². The smallest absolute Gasteiger partial charge is 0.308 e. The summed E-state index contributed by atoms with van der Waals surface area (Å²) in [5.41, 5.74) is 0.541. The van der Waals surface area contributed by atoms with Crippen LogP contribution in [-0.4, -0.2) is 44.8 Å². The summed E-state index contributed by atoms with van der Waals surface area (Å²) in [5.74, 6) is -1.38. The first-order valence-corrected chi connectivity index (χ1v) is 6.66. The number of hydrogen-bond donors (Lipinski definition) is 1. The molecular weight excluding hydrogens is 246 g/mol. The number of nitrogens with zero attached hydrogens (tertiary/aromatic N) is 3. The van der Waals surface area contributed by atoms with Crippen LogP contribution in [-0.2, 0) is 11.3 Å². The van der Waals surface area contributed by atoms with Gasteiger partial charge in [0.2, 0.25) is 0 Å². The minimum Gasteiger partial charge on any atom is -0.481 e. The predicted molar refractivity (Wildman–Crippen MR) is 68.8 cm³/mol. The summed E-state index contributed by atoms with van der Waals surface area (Å²) >= 11 is 0. The van der Waals surface area contributed by atoms with Crippen LogP contribution in [0.25, 0.3) is 0 Å². The number of amides is 1. The van der Waals surface area contributed by atoms with Gasteiger partial charge < -0.3 is 10.0 Å². The highest BCUT2D eigenvalue weighted by molar-refractivity contribution is 5.94. The summed E-state index contributed by atoms with van der Waals surface area (Å²) in [7, 11) is 0. The molecular formula is C13H19N3O3. The summed E-state index contributed by atoms with van der Waals surface area (Å²) < 4.78 is 1.74. The first-order chi connectivity index (χ1) is 9.11. The molecule has 0 saturated carbocycles. The molecule has 0 bridgehead atoms. The van der Waals surface area contributed by atoms with E-state index in [2.05, 4.69) is 5.10 Å². The molecule has 104 valence electrons. The molecule has 1 fully saturated rings. The van der Waals surface area contributed by atoms with Crippen LogP contribution in [0.4, 0.5) is 0 Å². The topological polar surface area (TPSA) is 75.4 Å². The van der Waals surface area contributed by atoms with Gasteiger partial charge in [-0.2, -0.15) is 5.10 Å². The molecule has 1 aromatic heterocycles. The average molecular weight is 265 g/mol. The van der Waals surface area contributed by atoms with Crippen molar-refractivity contribution in [2.45, 2.75) is 32.7 Å². The number of rotatable bonds is 4. The number of carbonyl (C=O) groups is 2. The van der Waals surface area contributed by atoms with Gasteiger partial charge in [0.05, 0.1) is 17.7 Å². The summed E-state index contributed by atoms with van der Waals surface area (Å²) in [6, 6.07) is 0. The van der Waals surface area contributed by atoms with E-state index < -0.39 is 11.9 Å². The van der Waals surface area contributed by atoms with Crippen molar-refractivity contribution in [3.8, 4) is 0 Å². The molecule has 0 spiro atoms. The van der Waals surface area contributed by atoms with Crippen molar-refractivity contribution < 1.29 is 14.7 Å². The molecule has 0 aliphatic carbocycles. The molecule has 0 unspecified atom stereocenters. The summed E-state index contributed by atoms with van der Waals surface area (Å²) in [6.45, 7) is 3.75. The number of carbonyl (C=O) groups excluding carboxylic acids is 1. The van der Waals surface area contributed by atoms with Crippen LogP contribution in [0.1, 0.15) is 36.5 Å². The fourth-order valence-electron chi connectivity index (χ4n) is 2.37. The van der Waals surface area contributed by atoms with Crippen LogP contribution in [0.2, 0.25) is 0 Å². The molecule has 1 saturated heterocycles. The van der Waals surface area contributed by atoms with Gasteiger partial charge in [0, 0.05) is 25.8 Å². The zero-order valence-corrected chi connectivity index (χ0v) is 11.1. The molecule has 2 heterocycles. The van der Waals surface area contributed by atoms with Crippen molar-refractivity contribution in [3.05, 3.63) is 18.0 Å². The van der Waals surface area contributed by atoms with E-state index in [0.29, 0.717) is 25.1 Å². The van der Waals surface area contributed by atoms with Crippen molar-refractivity contribution in [1.82, 2.24) is 14.7 Å². The number of hydrogen-bond acceptors (Lipinski definition) is 3. The maximum atomic E-state index is 12.3. The Morgan fingerprint density at radius 3 is 3.00 bits per heavy atom. The van der Waals surface area contributed by atoms with E-state index in [-0.39, 0.29) is 5.91 Å². The van der Waals surface area contributed by atoms with E-state index in [9.17, 15) is 9.59 Å². The Bertz CT molecular complexity index is 469. The molecule has 6 nitrogen and oxygen atoms in total. The molecule has 2 rings (SSSR count). The average Bonchev–Trinajstić information content (AvgIpc) is 2.87. The van der Waals surface area contributed by atoms with Crippen LogP contribution in [0.3, 0.4) is 0 Å². The zero-order chi connectivity index (χ0) is 13.8. The maximum Gasteiger partial charge on any atom is 0.308 e. The normalized spacial score (nSPS) is 19.4. The SMILES string of the molecule is CCCn1cc(C(=O)N2CCC[C@H](C(=O)O)C2)cn1. The zero-order valence-electron chi connectivity index (χ0n) is 11.1. The Hall–Kier alpha value is -1.85. The number of likely N-dealkylation sites (tertiary alicyclic amines) is 1. The highest BCUT2D eigenvalue weighted by Crippen LogP contribution is 2.18. The lowest BCUT2D eigenvalue weighted by Crippen LogP contribution is -2.42. The Morgan fingerprint density at radius 2 is 2.32 bits per heavy atom. The van der Waals surface area contributed by atoms with Gasteiger partial charge in [-0.1, -0.05) is 6.92 Å². The van der Waals surface area contributed by atoms with Gasteiger partial charge in [-0.05, 0) is 19.3 Å². The number of aromatic nitrogens is 2. The standard InChI is InChI=1S/C13H19N3O3/c1-2-5-16-9-11(7-14-16)12(17)15-6-3-4-10(8-15)13(18)19/h7,9-10H,2-6,8H2,1H3,(H,18,19)/t10-/m0/s1. The van der Waals surface area contributed by atoms with Gasteiger partial charge in [-0.25, -0.2) is 0 Å². The molecule has 1 aliphatic heterocycles. The van der Waals surface area contributed by atoms with Crippen molar-refractivity contribution in [1.29, 1.82) is 0 Å². The molecule has 1 N–H and O–H groups in total. The van der Waals surface area contributed by atoms with Gasteiger partial charge in [-0.3, -0.25) is 14.3 Å². The van der Waals surface area contributed by atoms with Crippen LogP contribution in [0.15, 0.2) is 12.4 Å². The maximum absolute atomic E-state index is 12.3. The Balaban J connectivity index is 2.03. The van der Waals surface area contributed by atoms with Gasteiger partial charge in [-0.15, -0.1) is 0 Å². The minimum absolute atomic E-state index is 0.117. The van der Waals surface area contributed by atoms with Crippen LogP contribution in [0.5, 0.6) is 0 Å². The summed E-state index contributed by atoms with van der Waals surface area (Å²) in [4.78, 5) is 24.9. The van der Waals surface area contributed by atoms with E-state index in [1.807, 2.05) is 6.92 Å². The van der Waals surface area contributed by atoms with Crippen molar-refractivity contribution in [3.63, 3.8) is 0 Å². The lowest BCUT2D eigenvalue weighted by Gasteiger charge is -2.30. The van der Waals surface area contributed by atoms with Crippen molar-refractivity contribution in [2.75, 3.05) is 13.1 Å². The molecule has 1 atom stereocenters. The molecule has 0 aromatic carbocycles. The quantitative estimate of drug-likeness (QED) is 0.888. The fraction of sp³-hybridized carbons (Fsp3) is 0.615. The Labute approximate surface area is 112 Å². The van der Waals surface area contributed by atoms with Crippen LogP contribution >= 0.6 is 0 Å². The number of aryl methyl sites for hydroxylation is 1. The fourth-order valence-corrected chi connectivity index (χ4v) is 2.37. The second kappa shape index (κ2) is 5.86. The highest BCUT2D eigenvalue weighted by Gasteiger charge is 2.29. The van der Waals surface area contributed by atoms with Gasteiger partial charge in [0.25, 0.3) is 5.91 Å². The van der Waals surface area contributed by atoms with Crippen LogP contribution < -0.4 is 0 Å². The Kier molecular flexibility index (Phi) is 4.19. The predicted octanol–water partition coefficient (Wildman–Crippen LogP) is 1.23. The number of carboxylic acid groups (broad SMARTS) is 1. The largest absolute Gasteiger partial charge is 0.481 e. The summed E-state index contributed by atoms with van der Waals surface area (Å²) in [5, 5.41) is 13.2. The molecule has 1 amide bonds. The second-order valence-corrected chi connectivity index (χ2v) is 4.92. The molecule has 19 heavy (non-hydrogen) atoms. The lowest BCUT2D eigenvalue weighted by atomic mass is 9.98. The second-order valence-electron chi connectivity index (χ2n) is 4.92. The van der Waals surface area contributed by atoms with Gasteiger partial charge in [0.1, 0.15) is 0 Å². The molecule has 1 aromatic rings. The van der Waals surface area contributed by atoms with Gasteiger partial charge >= 0.3 is 5.97 Å². The van der Waals surface area contributed by atoms with Crippen LogP contribution in [0, 0.1) is 5.92 Å². The first kappa shape index (κ1) is 13.6. The first-order valence-electron chi connectivity index (χ1n) is 6.66. The number of carboxylic acids is 1. The third-order valence-electron chi connectivity index (χ3n) is 3.39. The van der Waals surface area contributed by atoms with E-state index in [4.69, 9.17) is 5.11 Å². The molecule has 1 aliphatic rings. The summed E-state index contributed by atoms with van der Waals surface area (Å²) in [6.07, 6.45) is 5.64. The van der Waals surface area contributed by atoms with E-state index >= 15 is 0 Å². The van der Waals surface area contributed by atoms with E-state index in [1.54, 1.807) is 22.0 Å². The highest BCUT2D eigenvalue weighted by atomic mass is 16.4.